The lowest BCUT2D eigenvalue weighted by Gasteiger charge is -2.25. The van der Waals surface area contributed by atoms with Crippen molar-refractivity contribution < 1.29 is 46.9 Å². The highest BCUT2D eigenvalue weighted by atomic mass is 32.2. The maximum Gasteiger partial charge on any atom is 0.311 e. The van der Waals surface area contributed by atoms with Gasteiger partial charge in [0.1, 0.15) is 17.1 Å². The van der Waals surface area contributed by atoms with Crippen molar-refractivity contribution in [3.63, 3.8) is 0 Å². The summed E-state index contributed by atoms with van der Waals surface area (Å²) in [7, 11) is -4.01. The van der Waals surface area contributed by atoms with E-state index in [-0.39, 0.29) is 43.4 Å². The Bertz CT molecular complexity index is 1740. The van der Waals surface area contributed by atoms with Crippen LogP contribution >= 0.6 is 0 Å². The number of aliphatic hydroxyl groups is 1. The van der Waals surface area contributed by atoms with Crippen LogP contribution in [0.3, 0.4) is 0 Å². The first-order valence-electron chi connectivity index (χ1n) is 17.5. The lowest BCUT2D eigenvalue weighted by molar-refractivity contribution is -0.157. The maximum atomic E-state index is 13.3. The molecule has 0 spiro atoms. The van der Waals surface area contributed by atoms with Crippen LogP contribution in [0.25, 0.3) is 11.1 Å². The lowest BCUT2D eigenvalue weighted by atomic mass is 9.97. The van der Waals surface area contributed by atoms with Crippen molar-refractivity contribution in [1.29, 1.82) is 0 Å². The molecule has 4 rings (SSSR count). The predicted molar refractivity (Wildman–Crippen MR) is 194 cm³/mol. The molecule has 1 amide bonds. The highest BCUT2D eigenvalue weighted by Crippen LogP contribution is 2.32. The van der Waals surface area contributed by atoms with Gasteiger partial charge in [0.2, 0.25) is 10.0 Å². The van der Waals surface area contributed by atoms with Gasteiger partial charge in [-0.05, 0) is 94.3 Å². The molecule has 14 heteroatoms. The van der Waals surface area contributed by atoms with E-state index >= 15 is 0 Å². The van der Waals surface area contributed by atoms with Crippen LogP contribution in [0.4, 0.5) is 0 Å². The number of hydrogen-bond donors (Lipinski definition) is 3. The zero-order valence-corrected chi connectivity index (χ0v) is 30.9. The molecular formula is C38H49N3O10S. The van der Waals surface area contributed by atoms with Gasteiger partial charge in [-0.3, -0.25) is 24.7 Å². The summed E-state index contributed by atoms with van der Waals surface area (Å²) in [5.41, 5.74) is 1.51. The summed E-state index contributed by atoms with van der Waals surface area (Å²) in [6, 6.07) is 15.6. The minimum absolute atomic E-state index is 0.0391. The van der Waals surface area contributed by atoms with E-state index in [9.17, 15) is 27.9 Å². The van der Waals surface area contributed by atoms with Gasteiger partial charge in [0.25, 0.3) is 5.91 Å². The number of esters is 2. The molecule has 1 unspecified atom stereocenters. The van der Waals surface area contributed by atoms with Crippen molar-refractivity contribution in [3.05, 3.63) is 78.1 Å². The monoisotopic (exact) mass is 739 g/mol. The van der Waals surface area contributed by atoms with Crippen molar-refractivity contribution in [2.24, 2.45) is 0 Å². The van der Waals surface area contributed by atoms with Gasteiger partial charge in [-0.1, -0.05) is 30.7 Å². The van der Waals surface area contributed by atoms with E-state index < -0.39 is 51.6 Å². The lowest BCUT2D eigenvalue weighted by Crippen LogP contribution is -2.40. The Kier molecular flexibility index (Phi) is 14.6. The number of ether oxygens (including phenoxy) is 4. The molecule has 2 aromatic carbocycles. The molecule has 282 valence electrons. The second-order valence-corrected chi connectivity index (χ2v) is 15.5. The average molecular weight is 740 g/mol. The molecule has 0 saturated heterocycles. The fourth-order valence-corrected chi connectivity index (χ4v) is 6.57. The van der Waals surface area contributed by atoms with Crippen LogP contribution in [0.5, 0.6) is 11.5 Å². The van der Waals surface area contributed by atoms with Gasteiger partial charge in [-0.2, -0.15) is 0 Å². The molecule has 0 aliphatic heterocycles. The van der Waals surface area contributed by atoms with Crippen LogP contribution in [-0.2, 0) is 29.1 Å². The van der Waals surface area contributed by atoms with Crippen molar-refractivity contribution >= 4 is 27.9 Å². The standard InChI is InChI=1S/C38H49N3O10S/c1-26(42)48-20-9-21-52(46,47)41-37(45)32-18-15-28(22-34(32)49-30-11-6-5-7-12-30)27-13-16-31(17-14-27)50-35(23-36(44)51-38(2,3)4)40-25-33(43)29-10-8-19-39-24-29/h8,10,13-19,22,24,30,33,35,40,43H,5-7,9,11-12,20-21,23,25H2,1-4H3,(H,41,45)/t33-,35?/m0/s1. The number of hydrogen-bond acceptors (Lipinski definition) is 12. The topological polar surface area (TPSA) is 179 Å². The minimum atomic E-state index is -4.01. The zero-order valence-electron chi connectivity index (χ0n) is 30.1. The van der Waals surface area contributed by atoms with Gasteiger partial charge in [-0.15, -0.1) is 0 Å². The molecule has 0 radical (unpaired) electrons. The van der Waals surface area contributed by atoms with E-state index in [4.69, 9.17) is 18.9 Å². The molecular weight excluding hydrogens is 690 g/mol. The van der Waals surface area contributed by atoms with E-state index in [1.165, 1.54) is 13.0 Å². The van der Waals surface area contributed by atoms with Crippen LogP contribution in [0.1, 0.15) is 94.7 Å². The Morgan fingerprint density at radius 1 is 1.00 bits per heavy atom. The first-order chi connectivity index (χ1) is 24.7. The summed E-state index contributed by atoms with van der Waals surface area (Å²) in [5, 5.41) is 13.8. The van der Waals surface area contributed by atoms with E-state index in [0.717, 1.165) is 43.2 Å². The van der Waals surface area contributed by atoms with Crippen molar-refractivity contribution in [1.82, 2.24) is 15.0 Å². The van der Waals surface area contributed by atoms with Crippen LogP contribution in [0, 0.1) is 0 Å². The molecule has 3 N–H and O–H groups in total. The number of pyridine rings is 1. The second-order valence-electron chi connectivity index (χ2n) is 13.7. The molecule has 1 fully saturated rings. The van der Waals surface area contributed by atoms with E-state index in [0.29, 0.717) is 11.3 Å². The quantitative estimate of drug-likeness (QED) is 0.0934. The number of amides is 1. The summed E-state index contributed by atoms with van der Waals surface area (Å²) < 4.78 is 50.2. The molecule has 1 heterocycles. The van der Waals surface area contributed by atoms with Gasteiger partial charge in [0.05, 0.1) is 36.6 Å². The smallest absolute Gasteiger partial charge is 0.311 e. The van der Waals surface area contributed by atoms with Gasteiger partial charge >= 0.3 is 11.9 Å². The summed E-state index contributed by atoms with van der Waals surface area (Å²) in [4.78, 5) is 41.0. The number of carbonyl (C=O) groups excluding carboxylic acids is 3. The fraction of sp³-hybridized carbons (Fsp3) is 0.474. The number of aromatic nitrogens is 1. The first kappa shape index (κ1) is 40.2. The number of carbonyl (C=O) groups is 3. The molecule has 52 heavy (non-hydrogen) atoms. The number of benzene rings is 2. The summed E-state index contributed by atoms with van der Waals surface area (Å²) in [5.74, 6) is -1.47. The third-order valence-corrected chi connectivity index (χ3v) is 9.35. The summed E-state index contributed by atoms with van der Waals surface area (Å²) >= 11 is 0. The van der Waals surface area contributed by atoms with Gasteiger partial charge in [0, 0.05) is 31.4 Å². The Hall–Kier alpha value is -4.53. The van der Waals surface area contributed by atoms with Crippen molar-refractivity contribution in [2.75, 3.05) is 18.9 Å². The number of rotatable bonds is 17. The van der Waals surface area contributed by atoms with Gasteiger partial charge < -0.3 is 24.1 Å². The number of nitrogens with zero attached hydrogens (tertiary/aromatic N) is 1. The van der Waals surface area contributed by atoms with Crippen LogP contribution < -0.4 is 19.5 Å². The van der Waals surface area contributed by atoms with Crippen molar-refractivity contribution in [2.45, 2.75) is 96.7 Å². The minimum Gasteiger partial charge on any atom is -0.490 e. The highest BCUT2D eigenvalue weighted by molar-refractivity contribution is 7.90. The normalized spacial score (nSPS) is 14.9. The maximum absolute atomic E-state index is 13.3. The molecule has 1 aliphatic carbocycles. The highest BCUT2D eigenvalue weighted by Gasteiger charge is 2.25. The molecule has 3 aromatic rings. The van der Waals surface area contributed by atoms with Crippen LogP contribution in [-0.4, -0.2) is 73.2 Å². The van der Waals surface area contributed by atoms with E-state index in [2.05, 4.69) is 15.0 Å². The molecule has 1 saturated carbocycles. The molecule has 1 aromatic heterocycles. The largest absolute Gasteiger partial charge is 0.490 e. The predicted octanol–water partition coefficient (Wildman–Crippen LogP) is 5.23. The molecule has 2 atom stereocenters. The SMILES string of the molecule is CC(=O)OCCCS(=O)(=O)NC(=O)c1ccc(-c2ccc(OC(CC(=O)OC(C)(C)C)NC[C@H](O)c3cccnc3)cc2)cc1OC1CCCCC1. The Morgan fingerprint density at radius 3 is 2.37 bits per heavy atom. The Labute approximate surface area is 305 Å². The molecule has 13 nitrogen and oxygen atoms in total. The van der Waals surface area contributed by atoms with Crippen LogP contribution in [0.2, 0.25) is 0 Å². The van der Waals surface area contributed by atoms with Crippen molar-refractivity contribution in [3.8, 4) is 22.6 Å². The van der Waals surface area contributed by atoms with Gasteiger partial charge in [-0.25, -0.2) is 13.1 Å². The number of aliphatic hydroxyl groups excluding tert-OH is 1. The third kappa shape index (κ3) is 13.5. The molecule has 1 aliphatic rings. The van der Waals surface area contributed by atoms with Gasteiger partial charge in [0.15, 0.2) is 6.23 Å². The zero-order chi connectivity index (χ0) is 37.7. The summed E-state index contributed by atoms with van der Waals surface area (Å²) in [6.07, 6.45) is 6.02. The average Bonchev–Trinajstić information content (AvgIpc) is 3.09. The summed E-state index contributed by atoms with van der Waals surface area (Å²) in [6.45, 7) is 6.59. The number of sulfonamides is 1. The molecule has 0 bridgehead atoms. The second kappa shape index (κ2) is 18.8. The Morgan fingerprint density at radius 2 is 1.71 bits per heavy atom. The Balaban J connectivity index is 1.50. The first-order valence-corrected chi connectivity index (χ1v) is 19.1. The van der Waals surface area contributed by atoms with E-state index in [1.54, 1.807) is 69.6 Å². The van der Waals surface area contributed by atoms with E-state index in [1.807, 2.05) is 12.1 Å². The fourth-order valence-electron chi connectivity index (χ4n) is 5.58. The number of nitrogens with one attached hydrogen (secondary N) is 2. The van der Waals surface area contributed by atoms with Crippen LogP contribution in [0.15, 0.2) is 67.0 Å². The third-order valence-electron chi connectivity index (χ3n) is 8.03.